The highest BCUT2D eigenvalue weighted by atomic mass is 19.1. The van der Waals surface area contributed by atoms with Crippen molar-refractivity contribution in [2.24, 2.45) is 10.9 Å². The van der Waals surface area contributed by atoms with Crippen molar-refractivity contribution in [3.05, 3.63) is 35.1 Å². The predicted octanol–water partition coefficient (Wildman–Crippen LogP) is 1.03. The quantitative estimate of drug-likeness (QED) is 0.240. The molecule has 0 aliphatic rings. The molecule has 0 saturated heterocycles. The number of rotatable bonds is 4. The number of hydrogen-bond donors (Lipinski definition) is 3. The molecule has 0 fully saturated rings. The van der Waals surface area contributed by atoms with Crippen molar-refractivity contribution in [1.29, 1.82) is 0 Å². The summed E-state index contributed by atoms with van der Waals surface area (Å²) >= 11 is 0. The number of halogens is 1. The lowest BCUT2D eigenvalue weighted by molar-refractivity contribution is 0.318. The van der Waals surface area contributed by atoms with Gasteiger partial charge in [-0.05, 0) is 13.0 Å². The first kappa shape index (κ1) is 13.0. The highest BCUT2D eigenvalue weighted by molar-refractivity contribution is 5.97. The molecule has 0 saturated carbocycles. The summed E-state index contributed by atoms with van der Waals surface area (Å²) in [6, 6.07) is 4.24. The molecule has 0 heterocycles. The Kier molecular flexibility index (Phi) is 4.49. The Morgan fingerprint density at radius 2 is 2.41 bits per heavy atom. The minimum atomic E-state index is -0.425. The second-order valence-electron chi connectivity index (χ2n) is 3.56. The van der Waals surface area contributed by atoms with Gasteiger partial charge >= 0.3 is 0 Å². The third-order valence-corrected chi connectivity index (χ3v) is 2.31. The number of terminal acetylenes is 1. The van der Waals surface area contributed by atoms with Gasteiger partial charge in [0.1, 0.15) is 5.82 Å². The maximum atomic E-state index is 13.6. The molecule has 4 nitrogen and oxygen atoms in total. The molecule has 1 aromatic carbocycles. The van der Waals surface area contributed by atoms with Crippen LogP contribution < -0.4 is 11.1 Å². The number of nitrogens with two attached hydrogens (primary N) is 1. The van der Waals surface area contributed by atoms with Gasteiger partial charge in [-0.2, -0.15) is 0 Å². The molecule has 0 amide bonds. The monoisotopic (exact) mass is 235 g/mol. The highest BCUT2D eigenvalue weighted by Gasteiger charge is 2.07. The first-order chi connectivity index (χ1) is 8.08. The fourth-order valence-corrected chi connectivity index (χ4v) is 1.23. The highest BCUT2D eigenvalue weighted by Crippen LogP contribution is 2.10. The summed E-state index contributed by atoms with van der Waals surface area (Å²) in [6.45, 7) is 2.14. The van der Waals surface area contributed by atoms with E-state index in [4.69, 9.17) is 17.4 Å². The average molecular weight is 235 g/mol. The Morgan fingerprint density at radius 1 is 1.71 bits per heavy atom. The van der Waals surface area contributed by atoms with Crippen LogP contribution in [0.25, 0.3) is 0 Å². The first-order valence-corrected chi connectivity index (χ1v) is 5.04. The number of oxime groups is 1. The molecule has 1 aromatic rings. The SMILES string of the molecule is C#CC(C)NCc1ccc(/C(N)=N/O)cc1F. The smallest absolute Gasteiger partial charge is 0.170 e. The Hall–Kier alpha value is -2.06. The standard InChI is InChI=1S/C12H14FN3O/c1-3-8(2)15-7-10-5-4-9(6-11(10)13)12(14)16-17/h1,4-6,8,15,17H,7H2,2H3,(H2,14,16). The molecular formula is C12H14FN3O. The summed E-state index contributed by atoms with van der Waals surface area (Å²) in [4.78, 5) is 0. The van der Waals surface area contributed by atoms with Crippen molar-refractivity contribution in [1.82, 2.24) is 5.32 Å². The molecule has 1 rings (SSSR count). The van der Waals surface area contributed by atoms with Gasteiger partial charge in [-0.15, -0.1) is 6.42 Å². The van der Waals surface area contributed by atoms with Crippen LogP contribution in [0.4, 0.5) is 4.39 Å². The van der Waals surface area contributed by atoms with Crippen molar-refractivity contribution < 1.29 is 9.60 Å². The molecule has 5 heteroatoms. The van der Waals surface area contributed by atoms with Gasteiger partial charge < -0.3 is 10.9 Å². The molecular weight excluding hydrogens is 221 g/mol. The Bertz CT molecular complexity index is 465. The van der Waals surface area contributed by atoms with Gasteiger partial charge in [0.15, 0.2) is 5.84 Å². The number of hydrogen-bond acceptors (Lipinski definition) is 3. The van der Waals surface area contributed by atoms with Crippen LogP contribution in [0.3, 0.4) is 0 Å². The lowest BCUT2D eigenvalue weighted by Crippen LogP contribution is -2.24. The van der Waals surface area contributed by atoms with Crippen molar-refractivity contribution in [3.63, 3.8) is 0 Å². The van der Waals surface area contributed by atoms with E-state index in [2.05, 4.69) is 16.4 Å². The summed E-state index contributed by atoms with van der Waals surface area (Å²) in [5, 5.41) is 14.2. The molecule has 90 valence electrons. The number of nitrogens with zero attached hydrogens (tertiary/aromatic N) is 1. The van der Waals surface area contributed by atoms with Gasteiger partial charge in [0.25, 0.3) is 0 Å². The van der Waals surface area contributed by atoms with Crippen molar-refractivity contribution in [3.8, 4) is 12.3 Å². The Balaban J connectivity index is 2.81. The fourth-order valence-electron chi connectivity index (χ4n) is 1.23. The number of benzene rings is 1. The summed E-state index contributed by atoms with van der Waals surface area (Å²) in [7, 11) is 0. The van der Waals surface area contributed by atoms with E-state index in [1.807, 2.05) is 6.92 Å². The van der Waals surface area contributed by atoms with E-state index in [1.54, 1.807) is 12.1 Å². The maximum Gasteiger partial charge on any atom is 0.170 e. The second-order valence-corrected chi connectivity index (χ2v) is 3.56. The van der Waals surface area contributed by atoms with E-state index in [0.717, 1.165) is 0 Å². The lowest BCUT2D eigenvalue weighted by Gasteiger charge is -2.09. The van der Waals surface area contributed by atoms with E-state index in [-0.39, 0.29) is 11.9 Å². The second kappa shape index (κ2) is 5.87. The summed E-state index contributed by atoms with van der Waals surface area (Å²) in [6.07, 6.45) is 5.19. The van der Waals surface area contributed by atoms with Crippen LogP contribution >= 0.6 is 0 Å². The Labute approximate surface area is 99.3 Å². The van der Waals surface area contributed by atoms with Crippen molar-refractivity contribution >= 4 is 5.84 Å². The molecule has 1 atom stereocenters. The largest absolute Gasteiger partial charge is 0.409 e. The van der Waals surface area contributed by atoms with E-state index >= 15 is 0 Å². The molecule has 1 unspecified atom stereocenters. The van der Waals surface area contributed by atoms with Crippen LogP contribution in [0.2, 0.25) is 0 Å². The fraction of sp³-hybridized carbons (Fsp3) is 0.250. The van der Waals surface area contributed by atoms with Crippen LogP contribution in [-0.2, 0) is 6.54 Å². The van der Waals surface area contributed by atoms with Crippen LogP contribution in [0.1, 0.15) is 18.1 Å². The van der Waals surface area contributed by atoms with E-state index in [1.165, 1.54) is 6.07 Å². The van der Waals surface area contributed by atoms with Gasteiger partial charge in [-0.25, -0.2) is 4.39 Å². The average Bonchev–Trinajstić information content (AvgIpc) is 2.35. The first-order valence-electron chi connectivity index (χ1n) is 5.04. The molecule has 0 aromatic heterocycles. The minimum absolute atomic E-state index is 0.125. The predicted molar refractivity (Wildman–Crippen MR) is 64.0 cm³/mol. The number of nitrogens with one attached hydrogen (secondary N) is 1. The summed E-state index contributed by atoms with van der Waals surface area (Å²) in [5.41, 5.74) is 6.15. The van der Waals surface area contributed by atoms with Crippen LogP contribution in [0.15, 0.2) is 23.4 Å². The van der Waals surface area contributed by atoms with Crippen molar-refractivity contribution in [2.75, 3.05) is 0 Å². The van der Waals surface area contributed by atoms with Gasteiger partial charge in [0.2, 0.25) is 0 Å². The van der Waals surface area contributed by atoms with Gasteiger partial charge in [0.05, 0.1) is 6.04 Å². The zero-order valence-corrected chi connectivity index (χ0v) is 9.44. The van der Waals surface area contributed by atoms with Crippen LogP contribution in [0, 0.1) is 18.2 Å². The zero-order chi connectivity index (χ0) is 12.8. The van der Waals surface area contributed by atoms with Gasteiger partial charge in [-0.3, -0.25) is 5.32 Å². The molecule has 0 aliphatic carbocycles. The van der Waals surface area contributed by atoms with Crippen molar-refractivity contribution in [2.45, 2.75) is 19.5 Å². The lowest BCUT2D eigenvalue weighted by atomic mass is 10.1. The Morgan fingerprint density at radius 3 is 2.94 bits per heavy atom. The van der Waals surface area contributed by atoms with E-state index in [0.29, 0.717) is 17.7 Å². The molecule has 0 spiro atoms. The zero-order valence-electron chi connectivity index (χ0n) is 9.44. The third-order valence-electron chi connectivity index (χ3n) is 2.31. The molecule has 4 N–H and O–H groups in total. The molecule has 0 bridgehead atoms. The van der Waals surface area contributed by atoms with Gasteiger partial charge in [0, 0.05) is 17.7 Å². The van der Waals surface area contributed by atoms with Gasteiger partial charge in [-0.1, -0.05) is 23.2 Å². The molecule has 0 aliphatic heterocycles. The molecule has 17 heavy (non-hydrogen) atoms. The van der Waals surface area contributed by atoms with E-state index < -0.39 is 5.82 Å². The topological polar surface area (TPSA) is 70.6 Å². The van der Waals surface area contributed by atoms with Crippen LogP contribution in [-0.4, -0.2) is 17.1 Å². The summed E-state index contributed by atoms with van der Waals surface area (Å²) in [5.74, 6) is 1.94. The third kappa shape index (κ3) is 3.47. The molecule has 0 radical (unpaired) electrons. The van der Waals surface area contributed by atoms with Crippen LogP contribution in [0.5, 0.6) is 0 Å². The summed E-state index contributed by atoms with van der Waals surface area (Å²) < 4.78 is 13.6. The maximum absolute atomic E-state index is 13.6. The van der Waals surface area contributed by atoms with E-state index in [9.17, 15) is 4.39 Å². The normalized spacial score (nSPS) is 13.1. The number of amidine groups is 1. The minimum Gasteiger partial charge on any atom is -0.409 e.